The van der Waals surface area contributed by atoms with Crippen LogP contribution < -0.4 is 4.72 Å². The van der Waals surface area contributed by atoms with E-state index in [0.29, 0.717) is 6.26 Å². The molecule has 0 atom stereocenters. The highest BCUT2D eigenvalue weighted by atomic mass is 32.2. The number of sulfonamides is 1. The molecule has 0 bridgehead atoms. The molecule has 0 rings (SSSR count). The smallest absolute Gasteiger partial charge is 0.278 e. The van der Waals surface area contributed by atoms with Gasteiger partial charge in [0.15, 0.2) is 0 Å². The Balaban J connectivity index is 4.62. The van der Waals surface area contributed by atoms with Crippen LogP contribution in [-0.2, 0) is 20.1 Å². The van der Waals surface area contributed by atoms with E-state index in [1.807, 2.05) is 0 Å². The van der Waals surface area contributed by atoms with Gasteiger partial charge in [0, 0.05) is 0 Å². The first-order valence-corrected chi connectivity index (χ1v) is 5.45. The molecule has 0 unspecified atom stereocenters. The van der Waals surface area contributed by atoms with Gasteiger partial charge in [-0.3, -0.25) is 9.35 Å². The third-order valence-corrected chi connectivity index (χ3v) is 1.76. The molecular weight excluding hydrogens is 198 g/mol. The summed E-state index contributed by atoms with van der Waals surface area (Å²) < 4.78 is 49.1. The Bertz CT molecular complexity index is 348. The van der Waals surface area contributed by atoms with Crippen molar-refractivity contribution in [2.45, 2.75) is 0 Å². The summed E-state index contributed by atoms with van der Waals surface area (Å²) in [6.07, 6.45) is 0.579. The Morgan fingerprint density at radius 1 is 1.27 bits per heavy atom. The number of nitrogens with one attached hydrogen (secondary N) is 1. The maximum atomic E-state index is 10.2. The van der Waals surface area contributed by atoms with Crippen LogP contribution in [0.2, 0.25) is 0 Å². The zero-order chi connectivity index (χ0) is 9.28. The first-order chi connectivity index (χ1) is 4.63. The van der Waals surface area contributed by atoms with Gasteiger partial charge < -0.3 is 0 Å². The van der Waals surface area contributed by atoms with Gasteiger partial charge in [-0.2, -0.15) is 8.42 Å². The van der Waals surface area contributed by atoms with Gasteiger partial charge in [-0.15, -0.1) is 0 Å². The molecule has 0 spiro atoms. The summed E-state index contributed by atoms with van der Waals surface area (Å²) in [5.41, 5.74) is 0. The fourth-order valence-electron chi connectivity index (χ4n) is 0.204. The van der Waals surface area contributed by atoms with Crippen LogP contribution in [0, 0.1) is 0 Å². The Hall–Kier alpha value is -0.670. The summed E-state index contributed by atoms with van der Waals surface area (Å²) in [7, 11) is -8.91. The summed E-state index contributed by atoms with van der Waals surface area (Å²) in [5.74, 6) is 0. The van der Waals surface area contributed by atoms with Crippen LogP contribution in [0.3, 0.4) is 0 Å². The van der Waals surface area contributed by atoms with Gasteiger partial charge in [-0.05, 0) is 0 Å². The second-order valence-corrected chi connectivity index (χ2v) is 4.71. The molecule has 0 radical (unpaired) electrons. The number of amides is 1. The van der Waals surface area contributed by atoms with E-state index in [2.05, 4.69) is 0 Å². The van der Waals surface area contributed by atoms with Crippen LogP contribution in [0.5, 0.6) is 0 Å². The first-order valence-electron chi connectivity index (χ1n) is 2.12. The van der Waals surface area contributed by atoms with Crippen LogP contribution >= 0.6 is 0 Å². The van der Waals surface area contributed by atoms with E-state index in [1.54, 1.807) is 0 Å². The van der Waals surface area contributed by atoms with E-state index in [1.165, 1.54) is 0 Å². The molecule has 0 aromatic rings. The summed E-state index contributed by atoms with van der Waals surface area (Å²) >= 11 is 0. The molecule has 0 saturated heterocycles. The van der Waals surface area contributed by atoms with E-state index in [0.717, 1.165) is 4.72 Å². The standard InChI is InChI=1S/C2H5NO6S2/c1-10(5,6)3-2(4)11(7,8)9/h1H3,(H,3,4)(H,7,8,9). The molecule has 0 aliphatic carbocycles. The number of rotatable bonds is 1. The fraction of sp³-hybridized carbons (Fsp3) is 0.500. The highest BCUT2D eigenvalue weighted by molar-refractivity contribution is 8.03. The Kier molecular flexibility index (Phi) is 2.59. The Labute approximate surface area is 63.2 Å². The van der Waals surface area contributed by atoms with E-state index in [9.17, 15) is 21.6 Å². The van der Waals surface area contributed by atoms with E-state index < -0.39 is 25.4 Å². The van der Waals surface area contributed by atoms with Crippen LogP contribution in [0.1, 0.15) is 0 Å². The van der Waals surface area contributed by atoms with Crippen LogP contribution in [0.25, 0.3) is 0 Å². The van der Waals surface area contributed by atoms with Crippen molar-refractivity contribution < 1.29 is 26.2 Å². The van der Waals surface area contributed by atoms with E-state index >= 15 is 0 Å². The second-order valence-electron chi connectivity index (χ2n) is 1.64. The second kappa shape index (κ2) is 2.75. The van der Waals surface area contributed by atoms with Crippen LogP contribution in [-0.4, -0.2) is 32.9 Å². The van der Waals surface area contributed by atoms with Gasteiger partial charge >= 0.3 is 15.4 Å². The molecule has 7 nitrogen and oxygen atoms in total. The first kappa shape index (κ1) is 10.3. The lowest BCUT2D eigenvalue weighted by Gasteiger charge is -1.96. The van der Waals surface area contributed by atoms with Gasteiger partial charge in [0.05, 0.1) is 6.26 Å². The lowest BCUT2D eigenvalue weighted by molar-refractivity contribution is 0.260. The average molecular weight is 203 g/mol. The summed E-state index contributed by atoms with van der Waals surface area (Å²) in [4.78, 5) is 10.2. The predicted molar refractivity (Wildman–Crippen MR) is 34.9 cm³/mol. The van der Waals surface area contributed by atoms with Crippen LogP contribution in [0.15, 0.2) is 0 Å². The molecule has 11 heavy (non-hydrogen) atoms. The number of hydrogen-bond donors (Lipinski definition) is 2. The topological polar surface area (TPSA) is 118 Å². The number of carbonyl (C=O) groups is 1. The van der Waals surface area contributed by atoms with Crippen molar-refractivity contribution in [3.8, 4) is 0 Å². The molecule has 0 aliphatic heterocycles. The molecule has 0 saturated carbocycles. The molecule has 0 fully saturated rings. The third kappa shape index (κ3) is 4.70. The Morgan fingerprint density at radius 2 is 1.64 bits per heavy atom. The van der Waals surface area contributed by atoms with Crippen molar-refractivity contribution in [3.63, 3.8) is 0 Å². The number of carbonyl (C=O) groups excluding carboxylic acids is 1. The minimum Gasteiger partial charge on any atom is -0.278 e. The van der Waals surface area contributed by atoms with Gasteiger partial charge in [-0.1, -0.05) is 0 Å². The van der Waals surface area contributed by atoms with Crippen molar-refractivity contribution in [2.24, 2.45) is 0 Å². The molecule has 9 heteroatoms. The molecule has 0 heterocycles. The quantitative estimate of drug-likeness (QED) is 0.503. The molecule has 1 amide bonds. The maximum Gasteiger partial charge on any atom is 0.376 e. The van der Waals surface area contributed by atoms with Crippen molar-refractivity contribution in [1.29, 1.82) is 0 Å². The van der Waals surface area contributed by atoms with Crippen molar-refractivity contribution in [3.05, 3.63) is 0 Å². The fourth-order valence-corrected chi connectivity index (χ4v) is 1.38. The predicted octanol–water partition coefficient (Wildman–Crippen LogP) is -1.46. The number of hydrogen-bond acceptors (Lipinski definition) is 5. The zero-order valence-electron chi connectivity index (χ0n) is 5.30. The molecular formula is C2H5NO6S2. The van der Waals surface area contributed by atoms with Crippen LogP contribution in [0.4, 0.5) is 4.79 Å². The molecule has 0 aliphatic rings. The molecule has 2 N–H and O–H groups in total. The van der Waals surface area contributed by atoms with Crippen molar-refractivity contribution >= 4 is 25.4 Å². The van der Waals surface area contributed by atoms with Crippen molar-refractivity contribution in [1.82, 2.24) is 4.72 Å². The minimum atomic E-state index is -4.97. The summed E-state index contributed by atoms with van der Waals surface area (Å²) in [6.45, 7) is 0. The van der Waals surface area contributed by atoms with E-state index in [-0.39, 0.29) is 0 Å². The largest absolute Gasteiger partial charge is 0.376 e. The zero-order valence-corrected chi connectivity index (χ0v) is 6.94. The van der Waals surface area contributed by atoms with Gasteiger partial charge in [0.2, 0.25) is 10.0 Å². The third-order valence-electron chi connectivity index (χ3n) is 0.503. The molecule has 66 valence electrons. The average Bonchev–Trinajstić information content (AvgIpc) is 1.56. The van der Waals surface area contributed by atoms with E-state index in [4.69, 9.17) is 4.55 Å². The van der Waals surface area contributed by atoms with Gasteiger partial charge in [0.25, 0.3) is 0 Å². The highest BCUT2D eigenvalue weighted by Crippen LogP contribution is 1.86. The SMILES string of the molecule is CS(=O)(=O)NC(=O)S(=O)(=O)O. The maximum absolute atomic E-state index is 10.2. The lowest BCUT2D eigenvalue weighted by Crippen LogP contribution is -2.33. The van der Waals surface area contributed by atoms with Crippen molar-refractivity contribution in [2.75, 3.05) is 6.26 Å². The normalized spacial score (nSPS) is 12.5. The van der Waals surface area contributed by atoms with Gasteiger partial charge in [0.1, 0.15) is 0 Å². The minimum absolute atomic E-state index is 0.579. The monoisotopic (exact) mass is 203 g/mol. The Morgan fingerprint density at radius 3 is 1.73 bits per heavy atom. The lowest BCUT2D eigenvalue weighted by atomic mass is 11.5. The molecule has 0 aromatic carbocycles. The van der Waals surface area contributed by atoms with Gasteiger partial charge in [-0.25, -0.2) is 13.1 Å². The summed E-state index contributed by atoms with van der Waals surface area (Å²) in [5, 5.41) is -1.96. The summed E-state index contributed by atoms with van der Waals surface area (Å²) in [6, 6.07) is 0. The molecule has 0 aromatic heterocycles. The highest BCUT2D eigenvalue weighted by Gasteiger charge is 2.21.